The molecule has 0 aliphatic carbocycles. The van der Waals surface area contributed by atoms with Crippen molar-refractivity contribution >= 4 is 17.9 Å². The molecule has 0 aliphatic rings. The summed E-state index contributed by atoms with van der Waals surface area (Å²) in [4.78, 5) is 10.1. The second-order valence-electron chi connectivity index (χ2n) is 2.28. The molecule has 1 aromatic rings. The third kappa shape index (κ3) is 3.03. The third-order valence-corrected chi connectivity index (χ3v) is 1.59. The van der Waals surface area contributed by atoms with Crippen LogP contribution in [0.25, 0.3) is 0 Å². The lowest BCUT2D eigenvalue weighted by Crippen LogP contribution is -2.05. The molecule has 0 amide bonds. The Balaban J connectivity index is 2.38. The van der Waals surface area contributed by atoms with Gasteiger partial charge in [0.25, 0.3) is 0 Å². The van der Waals surface area contributed by atoms with Crippen LogP contribution in [0.1, 0.15) is 5.56 Å². The highest BCUT2D eigenvalue weighted by Gasteiger charge is 2.00. The molecule has 0 radical (unpaired) electrons. The number of rotatable bonds is 4. The van der Waals surface area contributed by atoms with E-state index in [0.29, 0.717) is 12.9 Å². The molecule has 1 unspecified atom stereocenters. The highest BCUT2D eigenvalue weighted by atomic mass is 35.5. The molecular formula is C9H9ClO2. The summed E-state index contributed by atoms with van der Waals surface area (Å²) in [6.45, 7) is 0.369. The molecule has 3 heteroatoms. The SMILES string of the molecule is O=CC(Cl)OCc1ccccc1. The van der Waals surface area contributed by atoms with Crippen LogP contribution in [-0.2, 0) is 16.1 Å². The Morgan fingerprint density at radius 3 is 2.67 bits per heavy atom. The van der Waals surface area contributed by atoms with E-state index >= 15 is 0 Å². The molecule has 0 heterocycles. The van der Waals surface area contributed by atoms with Crippen LogP contribution in [0, 0.1) is 0 Å². The quantitative estimate of drug-likeness (QED) is 0.528. The van der Waals surface area contributed by atoms with Crippen LogP contribution in [-0.4, -0.2) is 11.8 Å². The van der Waals surface area contributed by atoms with E-state index < -0.39 is 5.56 Å². The number of alkyl halides is 1. The Bertz CT molecular complexity index is 236. The fraction of sp³-hybridized carbons (Fsp3) is 0.222. The van der Waals surface area contributed by atoms with Gasteiger partial charge in [0.15, 0.2) is 11.8 Å². The average Bonchev–Trinajstić information content (AvgIpc) is 2.16. The Hall–Kier alpha value is -0.860. The van der Waals surface area contributed by atoms with Crippen LogP contribution >= 0.6 is 11.6 Å². The summed E-state index contributed by atoms with van der Waals surface area (Å²) < 4.78 is 4.97. The van der Waals surface area contributed by atoms with Gasteiger partial charge in [0.2, 0.25) is 0 Å². The van der Waals surface area contributed by atoms with Crippen molar-refractivity contribution in [3.05, 3.63) is 35.9 Å². The van der Waals surface area contributed by atoms with Gasteiger partial charge in [0.1, 0.15) is 0 Å². The van der Waals surface area contributed by atoms with Crippen LogP contribution in [0.3, 0.4) is 0 Å². The maximum absolute atomic E-state index is 10.1. The van der Waals surface area contributed by atoms with Gasteiger partial charge in [-0.05, 0) is 5.56 Å². The first-order valence-corrected chi connectivity index (χ1v) is 4.01. The van der Waals surface area contributed by atoms with Gasteiger partial charge in [-0.2, -0.15) is 0 Å². The Morgan fingerprint density at radius 1 is 1.42 bits per heavy atom. The van der Waals surface area contributed by atoms with Crippen LogP contribution < -0.4 is 0 Å². The summed E-state index contributed by atoms with van der Waals surface area (Å²) in [6.07, 6.45) is 0.560. The van der Waals surface area contributed by atoms with E-state index in [4.69, 9.17) is 16.3 Å². The largest absolute Gasteiger partial charge is 0.351 e. The molecule has 0 spiro atoms. The molecule has 0 aromatic heterocycles. The number of carbonyl (C=O) groups excluding carboxylic acids is 1. The van der Waals surface area contributed by atoms with Crippen LogP contribution in [0.2, 0.25) is 0 Å². The standard InChI is InChI=1S/C9H9ClO2/c10-9(6-11)12-7-8-4-2-1-3-5-8/h1-6,9H,7H2. The van der Waals surface area contributed by atoms with Gasteiger partial charge in [0.05, 0.1) is 6.61 Å². The molecule has 1 aromatic carbocycles. The fourth-order valence-corrected chi connectivity index (χ4v) is 0.852. The monoisotopic (exact) mass is 184 g/mol. The molecule has 1 atom stereocenters. The highest BCUT2D eigenvalue weighted by molar-refractivity contribution is 6.26. The number of aldehydes is 1. The number of carbonyl (C=O) groups is 1. The zero-order valence-electron chi connectivity index (χ0n) is 6.44. The molecule has 2 nitrogen and oxygen atoms in total. The summed E-state index contributed by atoms with van der Waals surface area (Å²) >= 11 is 5.42. The first-order chi connectivity index (χ1) is 5.83. The second-order valence-corrected chi connectivity index (χ2v) is 2.71. The number of ether oxygens (including phenoxy) is 1. The van der Waals surface area contributed by atoms with E-state index in [1.165, 1.54) is 0 Å². The minimum absolute atomic E-state index is 0.369. The predicted octanol–water partition coefficient (Wildman–Crippen LogP) is 1.97. The van der Waals surface area contributed by atoms with Crippen molar-refractivity contribution in [3.63, 3.8) is 0 Å². The van der Waals surface area contributed by atoms with Crippen molar-refractivity contribution < 1.29 is 9.53 Å². The molecule has 0 aliphatic heterocycles. The number of hydrogen-bond donors (Lipinski definition) is 0. The maximum Gasteiger partial charge on any atom is 0.186 e. The van der Waals surface area contributed by atoms with Gasteiger partial charge in [-0.25, -0.2) is 0 Å². The van der Waals surface area contributed by atoms with Crippen LogP contribution in [0.4, 0.5) is 0 Å². The molecule has 0 saturated carbocycles. The fourth-order valence-electron chi connectivity index (χ4n) is 0.789. The summed E-state index contributed by atoms with van der Waals surface area (Å²) in [7, 11) is 0. The van der Waals surface area contributed by atoms with Gasteiger partial charge < -0.3 is 4.74 Å². The van der Waals surface area contributed by atoms with Crippen molar-refractivity contribution in [2.45, 2.75) is 12.2 Å². The normalized spacial score (nSPS) is 12.4. The van der Waals surface area contributed by atoms with Crippen molar-refractivity contribution in [1.82, 2.24) is 0 Å². The van der Waals surface area contributed by atoms with Crippen molar-refractivity contribution in [3.8, 4) is 0 Å². The van der Waals surface area contributed by atoms with E-state index in [2.05, 4.69) is 0 Å². The van der Waals surface area contributed by atoms with Gasteiger partial charge in [-0.3, -0.25) is 4.79 Å². The Labute approximate surface area is 76.1 Å². The molecular weight excluding hydrogens is 176 g/mol. The first kappa shape index (κ1) is 9.23. The second kappa shape index (κ2) is 4.91. The van der Waals surface area contributed by atoms with Crippen molar-refractivity contribution in [1.29, 1.82) is 0 Å². The molecule has 64 valence electrons. The number of benzene rings is 1. The topological polar surface area (TPSA) is 26.3 Å². The van der Waals surface area contributed by atoms with E-state index in [9.17, 15) is 4.79 Å². The van der Waals surface area contributed by atoms with Crippen LogP contribution in [0.5, 0.6) is 0 Å². The third-order valence-electron chi connectivity index (χ3n) is 1.36. The van der Waals surface area contributed by atoms with Gasteiger partial charge in [0, 0.05) is 0 Å². The van der Waals surface area contributed by atoms with Gasteiger partial charge >= 0.3 is 0 Å². The van der Waals surface area contributed by atoms with E-state index in [1.54, 1.807) is 0 Å². The van der Waals surface area contributed by atoms with Crippen LogP contribution in [0.15, 0.2) is 30.3 Å². The molecule has 0 N–H and O–H groups in total. The number of hydrogen-bond acceptors (Lipinski definition) is 2. The summed E-state index contributed by atoms with van der Waals surface area (Å²) in [5.74, 6) is 0. The zero-order valence-corrected chi connectivity index (χ0v) is 7.20. The lowest BCUT2D eigenvalue weighted by molar-refractivity contribution is -0.114. The summed E-state index contributed by atoms with van der Waals surface area (Å²) in [5.41, 5.74) is 0.162. The minimum atomic E-state index is -0.842. The molecule has 1 rings (SSSR count). The molecule has 0 fully saturated rings. The lowest BCUT2D eigenvalue weighted by Gasteiger charge is -2.03. The minimum Gasteiger partial charge on any atom is -0.351 e. The summed E-state index contributed by atoms with van der Waals surface area (Å²) in [5, 5.41) is 0. The van der Waals surface area contributed by atoms with E-state index in [1.807, 2.05) is 30.3 Å². The maximum atomic E-state index is 10.1. The zero-order chi connectivity index (χ0) is 8.81. The molecule has 0 bridgehead atoms. The van der Waals surface area contributed by atoms with Crippen molar-refractivity contribution in [2.24, 2.45) is 0 Å². The number of halogens is 1. The smallest absolute Gasteiger partial charge is 0.186 e. The lowest BCUT2D eigenvalue weighted by atomic mass is 10.2. The van der Waals surface area contributed by atoms with E-state index in [0.717, 1.165) is 5.56 Å². The van der Waals surface area contributed by atoms with Gasteiger partial charge in [-0.15, -0.1) is 0 Å². The average molecular weight is 185 g/mol. The predicted molar refractivity (Wildman–Crippen MR) is 46.9 cm³/mol. The highest BCUT2D eigenvalue weighted by Crippen LogP contribution is 2.03. The van der Waals surface area contributed by atoms with Crippen molar-refractivity contribution in [2.75, 3.05) is 0 Å². The van der Waals surface area contributed by atoms with E-state index in [-0.39, 0.29) is 0 Å². The van der Waals surface area contributed by atoms with Gasteiger partial charge in [-0.1, -0.05) is 41.9 Å². The molecule has 0 saturated heterocycles. The first-order valence-electron chi connectivity index (χ1n) is 3.58. The Morgan fingerprint density at radius 2 is 2.08 bits per heavy atom. The summed E-state index contributed by atoms with van der Waals surface area (Å²) in [6, 6.07) is 9.55. The Kier molecular flexibility index (Phi) is 3.77. The molecule has 12 heavy (non-hydrogen) atoms.